The first-order chi connectivity index (χ1) is 10.0. The summed E-state index contributed by atoms with van der Waals surface area (Å²) >= 11 is 6.27. The third kappa shape index (κ3) is 2.31. The second-order valence-corrected chi connectivity index (χ2v) is 5.34. The summed E-state index contributed by atoms with van der Waals surface area (Å²) in [6.45, 7) is 1.78. The first kappa shape index (κ1) is 14.1. The molecule has 1 aromatic carbocycles. The van der Waals surface area contributed by atoms with Gasteiger partial charge in [0.05, 0.1) is 12.1 Å². The van der Waals surface area contributed by atoms with Crippen LogP contribution in [0.4, 0.5) is 4.39 Å². The van der Waals surface area contributed by atoms with Crippen molar-refractivity contribution in [2.75, 3.05) is 6.61 Å². The van der Waals surface area contributed by atoms with Gasteiger partial charge in [0.25, 0.3) is 0 Å². The van der Waals surface area contributed by atoms with E-state index in [1.165, 1.54) is 12.1 Å². The van der Waals surface area contributed by atoms with Crippen LogP contribution in [-0.2, 0) is 4.74 Å². The standard InChI is InChI=1S/C15H13ClFNO3/c1-2-21-15(20)12-13(19)10-7-8(17)3-6-11(10)18(14(12)16)9-4-5-9/h3,6-7,9H,2,4-5H2,1H3. The van der Waals surface area contributed by atoms with Crippen molar-refractivity contribution in [2.24, 2.45) is 0 Å². The number of hydrogen-bond donors (Lipinski definition) is 0. The number of fused-ring (bicyclic) bond motifs is 1. The molecule has 1 aromatic heterocycles. The normalized spacial score (nSPS) is 14.4. The Balaban J connectivity index is 2.37. The van der Waals surface area contributed by atoms with Crippen LogP contribution in [0.1, 0.15) is 36.2 Å². The molecule has 21 heavy (non-hydrogen) atoms. The van der Waals surface area contributed by atoms with E-state index in [1.54, 1.807) is 11.5 Å². The Labute approximate surface area is 125 Å². The zero-order chi connectivity index (χ0) is 15.1. The number of halogens is 2. The first-order valence-electron chi connectivity index (χ1n) is 6.75. The second-order valence-electron chi connectivity index (χ2n) is 4.98. The molecule has 0 atom stereocenters. The van der Waals surface area contributed by atoms with Crippen LogP contribution < -0.4 is 5.43 Å². The molecule has 4 nitrogen and oxygen atoms in total. The van der Waals surface area contributed by atoms with Crippen molar-refractivity contribution in [3.05, 3.63) is 45.0 Å². The van der Waals surface area contributed by atoms with Gasteiger partial charge < -0.3 is 9.30 Å². The summed E-state index contributed by atoms with van der Waals surface area (Å²) in [4.78, 5) is 24.4. The van der Waals surface area contributed by atoms with Crippen molar-refractivity contribution >= 4 is 28.5 Å². The van der Waals surface area contributed by atoms with Crippen LogP contribution in [0.15, 0.2) is 23.0 Å². The maximum absolute atomic E-state index is 13.4. The van der Waals surface area contributed by atoms with E-state index in [9.17, 15) is 14.0 Å². The molecule has 0 radical (unpaired) electrons. The van der Waals surface area contributed by atoms with E-state index in [0.29, 0.717) is 5.52 Å². The number of hydrogen-bond acceptors (Lipinski definition) is 3. The van der Waals surface area contributed by atoms with Gasteiger partial charge in [-0.15, -0.1) is 0 Å². The third-order valence-electron chi connectivity index (χ3n) is 3.50. The van der Waals surface area contributed by atoms with Crippen LogP contribution >= 0.6 is 11.6 Å². The number of esters is 1. The van der Waals surface area contributed by atoms with Crippen LogP contribution in [-0.4, -0.2) is 17.1 Å². The van der Waals surface area contributed by atoms with Gasteiger partial charge in [0.2, 0.25) is 5.43 Å². The smallest absolute Gasteiger partial charge is 0.345 e. The highest BCUT2D eigenvalue weighted by molar-refractivity contribution is 6.33. The number of pyridine rings is 1. The Hall–Kier alpha value is -1.88. The van der Waals surface area contributed by atoms with Crippen molar-refractivity contribution < 1.29 is 13.9 Å². The molecule has 0 amide bonds. The fraction of sp³-hybridized carbons (Fsp3) is 0.333. The molecular formula is C15H13ClFNO3. The Morgan fingerprint density at radius 1 is 1.48 bits per heavy atom. The first-order valence-corrected chi connectivity index (χ1v) is 7.12. The molecule has 0 saturated heterocycles. The van der Waals surface area contributed by atoms with Gasteiger partial charge in [-0.25, -0.2) is 9.18 Å². The van der Waals surface area contributed by atoms with Crippen molar-refractivity contribution in [3.63, 3.8) is 0 Å². The van der Waals surface area contributed by atoms with Gasteiger partial charge in [-0.1, -0.05) is 11.6 Å². The summed E-state index contributed by atoms with van der Waals surface area (Å²) in [5.41, 5.74) is -0.268. The predicted molar refractivity (Wildman–Crippen MR) is 77.4 cm³/mol. The molecule has 110 valence electrons. The third-order valence-corrected chi connectivity index (χ3v) is 3.87. The van der Waals surface area contributed by atoms with Crippen molar-refractivity contribution in [1.29, 1.82) is 0 Å². The van der Waals surface area contributed by atoms with E-state index < -0.39 is 17.2 Å². The molecule has 2 aromatic rings. The fourth-order valence-corrected chi connectivity index (χ4v) is 2.82. The maximum atomic E-state index is 13.4. The Morgan fingerprint density at radius 2 is 2.19 bits per heavy atom. The van der Waals surface area contributed by atoms with Gasteiger partial charge in [0.1, 0.15) is 16.5 Å². The van der Waals surface area contributed by atoms with Crippen LogP contribution in [0.25, 0.3) is 10.9 Å². The van der Waals surface area contributed by atoms with Gasteiger partial charge in [0.15, 0.2) is 0 Å². The summed E-state index contributed by atoms with van der Waals surface area (Å²) < 4.78 is 20.1. The summed E-state index contributed by atoms with van der Waals surface area (Å²) in [5.74, 6) is -1.30. The minimum atomic E-state index is -0.770. The Bertz CT molecular complexity index is 796. The minimum Gasteiger partial charge on any atom is -0.462 e. The van der Waals surface area contributed by atoms with Gasteiger partial charge in [-0.2, -0.15) is 0 Å². The van der Waals surface area contributed by atoms with Crippen LogP contribution in [0.3, 0.4) is 0 Å². The highest BCUT2D eigenvalue weighted by Gasteiger charge is 2.31. The molecule has 0 spiro atoms. The lowest BCUT2D eigenvalue weighted by atomic mass is 10.1. The number of benzene rings is 1. The summed E-state index contributed by atoms with van der Waals surface area (Å²) in [6, 6.07) is 4.07. The molecule has 0 bridgehead atoms. The van der Waals surface area contributed by atoms with E-state index in [4.69, 9.17) is 16.3 Å². The van der Waals surface area contributed by atoms with E-state index >= 15 is 0 Å². The average molecular weight is 310 g/mol. The molecule has 1 aliphatic carbocycles. The number of carbonyl (C=O) groups excluding carboxylic acids is 1. The van der Waals surface area contributed by atoms with Crippen molar-refractivity contribution in [3.8, 4) is 0 Å². The Morgan fingerprint density at radius 3 is 2.81 bits per heavy atom. The second kappa shape index (κ2) is 5.15. The lowest BCUT2D eigenvalue weighted by Crippen LogP contribution is -2.22. The molecule has 1 heterocycles. The highest BCUT2D eigenvalue weighted by atomic mass is 35.5. The number of carbonyl (C=O) groups is 1. The van der Waals surface area contributed by atoms with Gasteiger partial charge in [0, 0.05) is 11.4 Å². The van der Waals surface area contributed by atoms with Crippen molar-refractivity contribution in [1.82, 2.24) is 4.57 Å². The number of ether oxygens (including phenoxy) is 1. The molecule has 1 aliphatic rings. The highest BCUT2D eigenvalue weighted by Crippen LogP contribution is 2.40. The SMILES string of the molecule is CCOC(=O)c1c(Cl)n(C2CC2)c2ccc(F)cc2c1=O. The van der Waals surface area contributed by atoms with Crippen LogP contribution in [0.5, 0.6) is 0 Å². The van der Waals surface area contributed by atoms with Gasteiger partial charge in [-0.05, 0) is 38.0 Å². The van der Waals surface area contributed by atoms with Gasteiger partial charge in [-0.3, -0.25) is 4.79 Å². The zero-order valence-electron chi connectivity index (χ0n) is 11.4. The fourth-order valence-electron chi connectivity index (χ4n) is 2.42. The number of nitrogens with zero attached hydrogens (tertiary/aromatic N) is 1. The summed E-state index contributed by atoms with van der Waals surface area (Å²) in [7, 11) is 0. The van der Waals surface area contributed by atoms with Crippen LogP contribution in [0, 0.1) is 5.82 Å². The molecule has 3 rings (SSSR count). The van der Waals surface area contributed by atoms with E-state index in [2.05, 4.69) is 0 Å². The quantitative estimate of drug-likeness (QED) is 0.645. The van der Waals surface area contributed by atoms with E-state index in [-0.39, 0.29) is 28.8 Å². The monoisotopic (exact) mass is 309 g/mol. The summed E-state index contributed by atoms with van der Waals surface area (Å²) in [5, 5.41) is 0.217. The minimum absolute atomic E-state index is 0.0695. The zero-order valence-corrected chi connectivity index (χ0v) is 12.1. The van der Waals surface area contributed by atoms with Crippen molar-refractivity contribution in [2.45, 2.75) is 25.8 Å². The molecule has 0 N–H and O–H groups in total. The number of rotatable bonds is 3. The topological polar surface area (TPSA) is 48.3 Å². The number of aromatic nitrogens is 1. The van der Waals surface area contributed by atoms with E-state index in [1.807, 2.05) is 0 Å². The molecule has 0 aliphatic heterocycles. The predicted octanol–water partition coefficient (Wildman–Crippen LogP) is 3.31. The maximum Gasteiger partial charge on any atom is 0.345 e. The molecule has 1 saturated carbocycles. The molecule has 6 heteroatoms. The molecular weight excluding hydrogens is 297 g/mol. The summed E-state index contributed by atoms with van der Waals surface area (Å²) in [6.07, 6.45) is 1.83. The van der Waals surface area contributed by atoms with Gasteiger partial charge >= 0.3 is 5.97 Å². The molecule has 1 fully saturated rings. The average Bonchev–Trinajstić information content (AvgIpc) is 3.25. The Kier molecular flexibility index (Phi) is 3.45. The lowest BCUT2D eigenvalue weighted by molar-refractivity contribution is 0.0524. The largest absolute Gasteiger partial charge is 0.462 e. The lowest BCUT2D eigenvalue weighted by Gasteiger charge is -2.15. The van der Waals surface area contributed by atoms with E-state index in [0.717, 1.165) is 18.9 Å². The molecule has 0 unspecified atom stereocenters. The van der Waals surface area contributed by atoms with Crippen LogP contribution in [0.2, 0.25) is 5.15 Å².